The molecule has 14 heavy (non-hydrogen) atoms. The summed E-state index contributed by atoms with van der Waals surface area (Å²) in [6, 6.07) is 0. The van der Waals surface area contributed by atoms with Crippen LogP contribution >= 0.6 is 0 Å². The summed E-state index contributed by atoms with van der Waals surface area (Å²) in [4.78, 5) is 11.1. The van der Waals surface area contributed by atoms with Gasteiger partial charge in [-0.2, -0.15) is 0 Å². The minimum absolute atomic E-state index is 0.0165. The molecule has 0 atom stereocenters. The molecule has 0 aromatic rings. The first-order valence-corrected chi connectivity index (χ1v) is 6.87. The first kappa shape index (κ1) is 14.0. The van der Waals surface area contributed by atoms with Crippen LogP contribution in [-0.4, -0.2) is 11.5 Å². The van der Waals surface area contributed by atoms with Crippen LogP contribution in [0.15, 0.2) is 0 Å². The number of carbonyl (C=O) groups is 1. The second kappa shape index (κ2) is 11.1. The predicted molar refractivity (Wildman–Crippen MR) is 55.2 cm³/mol. The van der Waals surface area contributed by atoms with E-state index in [0.29, 0.717) is 21.6 Å². The van der Waals surface area contributed by atoms with E-state index >= 15 is 0 Å². The van der Waals surface area contributed by atoms with Crippen molar-refractivity contribution in [1.29, 1.82) is 0 Å². The summed E-state index contributed by atoms with van der Waals surface area (Å²) >= 11 is 0.603. The molecule has 0 saturated heterocycles. The second-order valence-corrected chi connectivity index (χ2v) is 4.69. The monoisotopic (exact) mass is 242 g/mol. The Hall–Kier alpha value is -0.0105. The van der Waals surface area contributed by atoms with Gasteiger partial charge in [-0.25, -0.2) is 0 Å². The van der Waals surface area contributed by atoms with E-state index in [1.54, 1.807) is 0 Å². The Kier molecular flexibility index (Phi) is 11.1. The van der Waals surface area contributed by atoms with Crippen LogP contribution in [0.2, 0.25) is 5.32 Å². The van der Waals surface area contributed by atoms with Gasteiger partial charge in [0.15, 0.2) is 0 Å². The van der Waals surface area contributed by atoms with E-state index < -0.39 is 0 Å². The Bertz CT molecular complexity index is 123. The van der Waals surface area contributed by atoms with Gasteiger partial charge < -0.3 is 0 Å². The standard InChI is InChI=1S/C6H11O2.C5H11.Fe/c1-2-3-4-5-8-6-7;1-3-5-4-2;/h2-5H2,1H3;1,3-5H2,2H3;. The summed E-state index contributed by atoms with van der Waals surface area (Å²) in [5, 5.41) is 0.987. The van der Waals surface area contributed by atoms with E-state index in [2.05, 4.69) is 13.8 Å². The Morgan fingerprint density at radius 2 is 1.71 bits per heavy atom. The van der Waals surface area contributed by atoms with E-state index in [4.69, 9.17) is 4.74 Å². The fourth-order valence-corrected chi connectivity index (χ4v) is 1.93. The van der Waals surface area contributed by atoms with Crippen molar-refractivity contribution in [2.75, 3.05) is 6.61 Å². The average Bonchev–Trinajstić information content (AvgIpc) is 2.19. The molecule has 0 aromatic carbocycles. The molecule has 0 rings (SSSR count). The molecule has 0 spiro atoms. The summed E-state index contributed by atoms with van der Waals surface area (Å²) in [6.45, 7) is 4.93. The zero-order chi connectivity index (χ0) is 10.6. The van der Waals surface area contributed by atoms with E-state index in [1.165, 1.54) is 19.3 Å². The molecule has 2 nitrogen and oxygen atoms in total. The van der Waals surface area contributed by atoms with Crippen molar-refractivity contribution < 1.29 is 24.5 Å². The van der Waals surface area contributed by atoms with Crippen LogP contribution in [0.3, 0.4) is 0 Å². The third-order valence-electron chi connectivity index (χ3n) is 1.88. The van der Waals surface area contributed by atoms with E-state index in [0.717, 1.165) is 24.6 Å². The second-order valence-electron chi connectivity index (χ2n) is 3.29. The molecule has 3 heteroatoms. The maximum absolute atomic E-state index is 11.1. The number of hydrogen-bond donors (Lipinski definition) is 0. The summed E-state index contributed by atoms with van der Waals surface area (Å²) in [5.41, 5.74) is 0. The summed E-state index contributed by atoms with van der Waals surface area (Å²) in [6.07, 6.45) is 6.93. The third kappa shape index (κ3) is 10.1. The van der Waals surface area contributed by atoms with Gasteiger partial charge in [-0.3, -0.25) is 0 Å². The molecule has 0 saturated carbocycles. The van der Waals surface area contributed by atoms with Gasteiger partial charge in [0, 0.05) is 0 Å². The topological polar surface area (TPSA) is 26.3 Å². The predicted octanol–water partition coefficient (Wildman–Crippen LogP) is 4.00. The fraction of sp³-hybridized carbons (Fsp3) is 0.909. The van der Waals surface area contributed by atoms with Crippen molar-refractivity contribution in [3.8, 4) is 0 Å². The first-order chi connectivity index (χ1) is 6.81. The van der Waals surface area contributed by atoms with Gasteiger partial charge >= 0.3 is 93.7 Å². The molecule has 0 aliphatic rings. The van der Waals surface area contributed by atoms with Gasteiger partial charge in [-0.05, 0) is 0 Å². The zero-order valence-electron chi connectivity index (χ0n) is 9.33. The molecule has 0 amide bonds. The van der Waals surface area contributed by atoms with Crippen LogP contribution in [0.4, 0.5) is 4.79 Å². The summed E-state index contributed by atoms with van der Waals surface area (Å²) < 4.78 is 5.09. The Morgan fingerprint density at radius 3 is 2.36 bits per heavy atom. The molecular weight excluding hydrogens is 220 g/mol. The molecule has 0 N–H and O–H groups in total. The molecule has 0 bridgehead atoms. The van der Waals surface area contributed by atoms with Crippen molar-refractivity contribution in [2.24, 2.45) is 0 Å². The molecule has 0 unspecified atom stereocenters. The molecular formula is C11H22FeO2. The zero-order valence-corrected chi connectivity index (χ0v) is 10.4. The van der Waals surface area contributed by atoms with Crippen molar-refractivity contribution in [2.45, 2.75) is 57.7 Å². The molecule has 0 aromatic heterocycles. The van der Waals surface area contributed by atoms with Gasteiger partial charge in [-0.15, -0.1) is 0 Å². The normalized spacial score (nSPS) is 10.4. The molecule has 0 fully saturated rings. The van der Waals surface area contributed by atoms with E-state index in [-0.39, 0.29) is 4.87 Å². The van der Waals surface area contributed by atoms with Gasteiger partial charge in [0.1, 0.15) is 0 Å². The molecule has 0 aliphatic carbocycles. The molecule has 86 valence electrons. The minimum atomic E-state index is -0.0165. The number of unbranched alkanes of at least 4 members (excludes halogenated alkanes) is 4. The van der Waals surface area contributed by atoms with Crippen LogP contribution in [0.1, 0.15) is 52.4 Å². The Morgan fingerprint density at radius 1 is 1.07 bits per heavy atom. The van der Waals surface area contributed by atoms with Gasteiger partial charge in [-0.1, -0.05) is 0 Å². The molecule has 0 heterocycles. The van der Waals surface area contributed by atoms with Gasteiger partial charge in [0.25, 0.3) is 0 Å². The van der Waals surface area contributed by atoms with Crippen molar-refractivity contribution in [3.05, 3.63) is 0 Å². The third-order valence-corrected chi connectivity index (χ3v) is 3.02. The molecule has 0 aliphatic heterocycles. The van der Waals surface area contributed by atoms with Gasteiger partial charge in [0.05, 0.1) is 0 Å². The number of ether oxygens (including phenoxy) is 1. The number of carbonyl (C=O) groups excluding carboxylic acids is 1. The summed E-state index contributed by atoms with van der Waals surface area (Å²) in [5.74, 6) is 0. The van der Waals surface area contributed by atoms with Crippen molar-refractivity contribution >= 4 is 4.87 Å². The van der Waals surface area contributed by atoms with E-state index in [9.17, 15) is 4.79 Å². The quantitative estimate of drug-likeness (QED) is 0.451. The van der Waals surface area contributed by atoms with Crippen LogP contribution in [0, 0.1) is 0 Å². The van der Waals surface area contributed by atoms with Crippen LogP contribution in [0.5, 0.6) is 0 Å². The Balaban J connectivity index is 3.11. The summed E-state index contributed by atoms with van der Waals surface area (Å²) in [7, 11) is 0. The van der Waals surface area contributed by atoms with Crippen molar-refractivity contribution in [3.63, 3.8) is 0 Å². The van der Waals surface area contributed by atoms with Gasteiger partial charge in [0.2, 0.25) is 0 Å². The molecule has 0 radical (unpaired) electrons. The SMILES string of the molecule is CCCCCO[C](=O)[Fe][CH2]CCCC. The first-order valence-electron chi connectivity index (χ1n) is 5.54. The van der Waals surface area contributed by atoms with Crippen LogP contribution < -0.4 is 0 Å². The number of hydrogen-bond acceptors (Lipinski definition) is 2. The number of rotatable bonds is 9. The van der Waals surface area contributed by atoms with E-state index in [1.807, 2.05) is 0 Å². The average molecular weight is 242 g/mol. The van der Waals surface area contributed by atoms with Crippen LogP contribution in [0.25, 0.3) is 0 Å². The fourth-order valence-electron chi connectivity index (χ4n) is 1.01. The maximum atomic E-state index is 11.1. The Labute approximate surface area is 93.9 Å². The van der Waals surface area contributed by atoms with Crippen LogP contribution in [-0.2, 0) is 19.7 Å². The van der Waals surface area contributed by atoms with Crippen molar-refractivity contribution in [1.82, 2.24) is 0 Å².